The Kier molecular flexibility index (Phi) is 5.31. The van der Waals surface area contributed by atoms with Crippen LogP contribution < -0.4 is 5.32 Å². The Morgan fingerprint density at radius 3 is 1.81 bits per heavy atom. The lowest BCUT2D eigenvalue weighted by Gasteiger charge is -2.43. The molecule has 0 amide bonds. The molecule has 0 aromatic rings. The number of nitrogens with one attached hydrogen (secondary N) is 1. The molecule has 1 heteroatoms. The van der Waals surface area contributed by atoms with Crippen molar-refractivity contribution in [2.24, 2.45) is 22.7 Å². The Hall–Kier alpha value is -0.0400. The van der Waals surface area contributed by atoms with Crippen molar-refractivity contribution < 1.29 is 0 Å². The van der Waals surface area contributed by atoms with Crippen molar-refractivity contribution in [2.45, 2.75) is 106 Å². The van der Waals surface area contributed by atoms with E-state index in [1.165, 1.54) is 25.7 Å². The van der Waals surface area contributed by atoms with Gasteiger partial charge in [-0.3, -0.25) is 0 Å². The van der Waals surface area contributed by atoms with Gasteiger partial charge >= 0.3 is 0 Å². The van der Waals surface area contributed by atoms with Crippen LogP contribution in [0.25, 0.3) is 0 Å². The van der Waals surface area contributed by atoms with E-state index in [9.17, 15) is 0 Å². The Labute approximate surface area is 134 Å². The molecule has 0 aliphatic carbocycles. The van der Waals surface area contributed by atoms with Crippen LogP contribution in [-0.4, -0.2) is 11.1 Å². The first-order chi connectivity index (χ1) is 9.14. The molecule has 0 spiro atoms. The van der Waals surface area contributed by atoms with Crippen molar-refractivity contribution >= 4 is 0 Å². The van der Waals surface area contributed by atoms with E-state index in [-0.39, 0.29) is 11.1 Å². The van der Waals surface area contributed by atoms with E-state index in [0.717, 1.165) is 11.8 Å². The Morgan fingerprint density at radius 1 is 0.857 bits per heavy atom. The second kappa shape index (κ2) is 5.87. The van der Waals surface area contributed by atoms with Gasteiger partial charge in [0.05, 0.1) is 0 Å². The third kappa shape index (κ3) is 5.93. The molecule has 1 rings (SSSR count). The molecule has 1 N–H and O–H groups in total. The zero-order chi connectivity index (χ0) is 16.7. The van der Waals surface area contributed by atoms with Gasteiger partial charge in [-0.1, -0.05) is 41.5 Å². The van der Waals surface area contributed by atoms with Crippen LogP contribution in [0.1, 0.15) is 94.9 Å². The molecule has 1 heterocycles. The highest BCUT2D eigenvalue weighted by atomic mass is 15.0. The fourth-order valence-electron chi connectivity index (χ4n) is 5.47. The maximum Gasteiger partial charge on any atom is 0.0135 e. The molecule has 21 heavy (non-hydrogen) atoms. The lowest BCUT2D eigenvalue weighted by atomic mass is 9.63. The highest BCUT2D eigenvalue weighted by Gasteiger charge is 2.43. The van der Waals surface area contributed by atoms with Crippen LogP contribution in [0.3, 0.4) is 0 Å². The van der Waals surface area contributed by atoms with Crippen molar-refractivity contribution in [3.05, 3.63) is 0 Å². The van der Waals surface area contributed by atoms with E-state index in [1.54, 1.807) is 0 Å². The van der Waals surface area contributed by atoms with Gasteiger partial charge in [-0.15, -0.1) is 0 Å². The predicted octanol–water partition coefficient (Wildman–Crippen LogP) is 6.03. The summed E-state index contributed by atoms with van der Waals surface area (Å²) in [7, 11) is 0. The summed E-state index contributed by atoms with van der Waals surface area (Å²) in [6, 6.07) is 0. The lowest BCUT2D eigenvalue weighted by molar-refractivity contribution is 0.0936. The third-order valence-corrected chi connectivity index (χ3v) is 5.15. The first-order valence-corrected chi connectivity index (χ1v) is 8.94. The molecule has 126 valence electrons. The highest BCUT2D eigenvalue weighted by molar-refractivity contribution is 4.99. The molecule has 1 saturated heterocycles. The zero-order valence-corrected chi connectivity index (χ0v) is 16.5. The molecule has 1 aliphatic heterocycles. The summed E-state index contributed by atoms with van der Waals surface area (Å²) >= 11 is 0. The smallest absolute Gasteiger partial charge is 0.0135 e. The van der Waals surface area contributed by atoms with Crippen LogP contribution in [0.15, 0.2) is 0 Å². The lowest BCUT2D eigenvalue weighted by Crippen LogP contribution is -2.54. The molecule has 1 aliphatic rings. The fourth-order valence-corrected chi connectivity index (χ4v) is 5.47. The molecule has 1 fully saturated rings. The summed E-state index contributed by atoms with van der Waals surface area (Å²) in [6.45, 7) is 24.2. The third-order valence-electron chi connectivity index (χ3n) is 5.15. The topological polar surface area (TPSA) is 12.0 Å². The van der Waals surface area contributed by atoms with Crippen LogP contribution in [0, 0.1) is 22.7 Å². The molecule has 0 aromatic carbocycles. The summed E-state index contributed by atoms with van der Waals surface area (Å²) in [6.07, 6.45) is 5.19. The summed E-state index contributed by atoms with van der Waals surface area (Å²) in [5.41, 5.74) is 1.19. The van der Waals surface area contributed by atoms with E-state index >= 15 is 0 Å². The van der Waals surface area contributed by atoms with Gasteiger partial charge < -0.3 is 5.32 Å². The normalized spacial score (nSPS) is 31.3. The predicted molar refractivity (Wildman–Crippen MR) is 95.7 cm³/mol. The van der Waals surface area contributed by atoms with Crippen LogP contribution in [0.4, 0.5) is 0 Å². The molecule has 1 unspecified atom stereocenters. The van der Waals surface area contributed by atoms with Crippen LogP contribution in [0.5, 0.6) is 0 Å². The van der Waals surface area contributed by atoms with Crippen LogP contribution in [0.2, 0.25) is 0 Å². The molecular weight excluding hydrogens is 254 g/mol. The SMILES string of the molecule is CC(C)CC1CC(C)(C)CC(C)(C)NC(C)(C)CC1(C)C. The summed E-state index contributed by atoms with van der Waals surface area (Å²) in [5.74, 6) is 1.59. The zero-order valence-electron chi connectivity index (χ0n) is 16.5. The molecule has 0 radical (unpaired) electrons. The quantitative estimate of drug-likeness (QED) is 0.655. The van der Waals surface area contributed by atoms with Gasteiger partial charge in [0, 0.05) is 11.1 Å². The number of hydrogen-bond acceptors (Lipinski definition) is 1. The average molecular weight is 296 g/mol. The number of rotatable bonds is 2. The Morgan fingerprint density at radius 2 is 1.33 bits per heavy atom. The maximum absolute atomic E-state index is 3.96. The van der Waals surface area contributed by atoms with Crippen molar-refractivity contribution in [1.82, 2.24) is 5.32 Å². The minimum Gasteiger partial charge on any atom is -0.307 e. The minimum atomic E-state index is 0.197. The monoisotopic (exact) mass is 295 g/mol. The molecule has 0 saturated carbocycles. The van der Waals surface area contributed by atoms with Gasteiger partial charge in [0.15, 0.2) is 0 Å². The molecular formula is C20H41N. The van der Waals surface area contributed by atoms with Gasteiger partial charge in [0.2, 0.25) is 0 Å². The van der Waals surface area contributed by atoms with Gasteiger partial charge in [-0.25, -0.2) is 0 Å². The van der Waals surface area contributed by atoms with Gasteiger partial charge in [-0.2, -0.15) is 0 Å². The maximum atomic E-state index is 3.96. The van der Waals surface area contributed by atoms with Crippen molar-refractivity contribution in [3.63, 3.8) is 0 Å². The molecule has 0 aromatic heterocycles. The Bertz CT molecular complexity index is 347. The first kappa shape index (κ1) is 19.0. The molecule has 1 nitrogen and oxygen atoms in total. The standard InChI is InChI=1S/C20H41N/c1-15(2)11-16-12-17(3,4)13-19(7,8)21-20(9,10)14-18(16,5)6/h15-16,21H,11-14H2,1-10H3. The van der Waals surface area contributed by atoms with E-state index in [4.69, 9.17) is 0 Å². The second-order valence-corrected chi connectivity index (χ2v) is 10.9. The minimum absolute atomic E-state index is 0.197. The molecule has 0 bridgehead atoms. The first-order valence-electron chi connectivity index (χ1n) is 8.94. The summed E-state index contributed by atoms with van der Waals surface area (Å²) in [4.78, 5) is 0. The highest BCUT2D eigenvalue weighted by Crippen LogP contribution is 2.48. The van der Waals surface area contributed by atoms with Crippen molar-refractivity contribution in [2.75, 3.05) is 0 Å². The van der Waals surface area contributed by atoms with E-state index in [1.807, 2.05) is 0 Å². The fraction of sp³-hybridized carbons (Fsp3) is 1.00. The van der Waals surface area contributed by atoms with Crippen LogP contribution in [-0.2, 0) is 0 Å². The largest absolute Gasteiger partial charge is 0.307 e. The van der Waals surface area contributed by atoms with Gasteiger partial charge in [0.1, 0.15) is 0 Å². The Balaban J connectivity index is 3.17. The number of hydrogen-bond donors (Lipinski definition) is 1. The second-order valence-electron chi connectivity index (χ2n) is 10.9. The van der Waals surface area contributed by atoms with Gasteiger partial charge in [0.25, 0.3) is 0 Å². The van der Waals surface area contributed by atoms with Crippen molar-refractivity contribution in [1.29, 1.82) is 0 Å². The van der Waals surface area contributed by atoms with Crippen LogP contribution >= 0.6 is 0 Å². The average Bonchev–Trinajstić information content (AvgIpc) is 2.08. The van der Waals surface area contributed by atoms with Crippen molar-refractivity contribution in [3.8, 4) is 0 Å². The summed E-state index contributed by atoms with van der Waals surface area (Å²) in [5, 5.41) is 3.96. The molecule has 1 atom stereocenters. The van der Waals surface area contributed by atoms with Gasteiger partial charge in [-0.05, 0) is 76.0 Å². The van der Waals surface area contributed by atoms with E-state index < -0.39 is 0 Å². The van der Waals surface area contributed by atoms with E-state index in [2.05, 4.69) is 74.6 Å². The van der Waals surface area contributed by atoms with E-state index in [0.29, 0.717) is 10.8 Å². The summed E-state index contributed by atoms with van der Waals surface area (Å²) < 4.78 is 0.